The third kappa shape index (κ3) is 2.48. The van der Waals surface area contributed by atoms with Crippen molar-refractivity contribution in [2.75, 3.05) is 11.1 Å². The number of hydrogen-bond acceptors (Lipinski definition) is 4. The Bertz CT molecular complexity index is 581. The topological polar surface area (TPSA) is 63.8 Å². The number of nitrogens with zero attached hydrogens (tertiary/aromatic N) is 2. The number of hydrogen-bond donors (Lipinski definition) is 2. The first-order valence-electron chi connectivity index (χ1n) is 7.01. The van der Waals surface area contributed by atoms with E-state index in [0.717, 1.165) is 22.4 Å². The molecule has 1 aromatic carbocycles. The van der Waals surface area contributed by atoms with Gasteiger partial charge in [-0.3, -0.25) is 0 Å². The Balaban J connectivity index is 1.92. The van der Waals surface area contributed by atoms with Crippen molar-refractivity contribution in [3.8, 4) is 0 Å². The van der Waals surface area contributed by atoms with Gasteiger partial charge in [0, 0.05) is 17.1 Å². The van der Waals surface area contributed by atoms with Crippen LogP contribution in [0.25, 0.3) is 10.9 Å². The summed E-state index contributed by atoms with van der Waals surface area (Å²) in [6.45, 7) is 2.32. The van der Waals surface area contributed by atoms with Crippen molar-refractivity contribution < 1.29 is 0 Å². The van der Waals surface area contributed by atoms with Crippen LogP contribution in [-0.2, 0) is 0 Å². The molecule has 2 aromatic rings. The molecule has 0 amide bonds. The summed E-state index contributed by atoms with van der Waals surface area (Å²) in [4.78, 5) is 8.69. The number of aromatic nitrogens is 2. The van der Waals surface area contributed by atoms with E-state index in [1.165, 1.54) is 25.7 Å². The molecule has 1 aliphatic carbocycles. The zero-order valence-corrected chi connectivity index (χ0v) is 11.3. The summed E-state index contributed by atoms with van der Waals surface area (Å²) in [5.74, 6) is 1.64. The molecule has 100 valence electrons. The second-order valence-electron chi connectivity index (χ2n) is 5.51. The van der Waals surface area contributed by atoms with E-state index in [4.69, 9.17) is 5.73 Å². The fourth-order valence-electron chi connectivity index (χ4n) is 2.90. The van der Waals surface area contributed by atoms with Crippen LogP contribution in [0.15, 0.2) is 24.5 Å². The maximum atomic E-state index is 5.80. The van der Waals surface area contributed by atoms with Crippen LogP contribution in [0.3, 0.4) is 0 Å². The number of nitrogen functional groups attached to an aromatic ring is 1. The van der Waals surface area contributed by atoms with Gasteiger partial charge < -0.3 is 11.1 Å². The monoisotopic (exact) mass is 256 g/mol. The van der Waals surface area contributed by atoms with Crippen LogP contribution in [-0.4, -0.2) is 16.0 Å². The summed E-state index contributed by atoms with van der Waals surface area (Å²) in [6, 6.07) is 6.32. The number of benzene rings is 1. The van der Waals surface area contributed by atoms with E-state index in [-0.39, 0.29) is 0 Å². The minimum absolute atomic E-state index is 0.518. The summed E-state index contributed by atoms with van der Waals surface area (Å²) >= 11 is 0. The van der Waals surface area contributed by atoms with Crippen molar-refractivity contribution in [2.24, 2.45) is 5.92 Å². The van der Waals surface area contributed by atoms with E-state index in [1.54, 1.807) is 6.33 Å². The fourth-order valence-corrected chi connectivity index (χ4v) is 2.90. The summed E-state index contributed by atoms with van der Waals surface area (Å²) in [5.41, 5.74) is 7.44. The second-order valence-corrected chi connectivity index (χ2v) is 5.51. The van der Waals surface area contributed by atoms with Gasteiger partial charge in [-0.05, 0) is 37.0 Å². The summed E-state index contributed by atoms with van der Waals surface area (Å²) in [5, 5.41) is 4.65. The lowest BCUT2D eigenvalue weighted by molar-refractivity contribution is 0.349. The molecule has 1 fully saturated rings. The van der Waals surface area contributed by atoms with Crippen LogP contribution in [0, 0.1) is 5.92 Å². The molecule has 0 bridgehead atoms. The Morgan fingerprint density at radius 1 is 1.21 bits per heavy atom. The maximum Gasteiger partial charge on any atom is 0.137 e. The van der Waals surface area contributed by atoms with Gasteiger partial charge in [0.15, 0.2) is 0 Å². The van der Waals surface area contributed by atoms with Crippen molar-refractivity contribution >= 4 is 22.4 Å². The normalized spacial score (nSPS) is 23.4. The molecule has 2 unspecified atom stereocenters. The highest BCUT2D eigenvalue weighted by Gasteiger charge is 2.21. The van der Waals surface area contributed by atoms with Crippen molar-refractivity contribution in [1.29, 1.82) is 0 Å². The van der Waals surface area contributed by atoms with Gasteiger partial charge in [0.25, 0.3) is 0 Å². The van der Waals surface area contributed by atoms with Crippen molar-refractivity contribution in [2.45, 2.75) is 38.6 Å². The molecule has 1 heterocycles. The SMILES string of the molecule is CC1CCCCC1Nc1ncnc2cc(N)ccc12. The Morgan fingerprint density at radius 3 is 2.89 bits per heavy atom. The first-order chi connectivity index (χ1) is 9.24. The standard InChI is InChI=1S/C15H20N4/c1-10-4-2-3-5-13(10)19-15-12-7-6-11(16)8-14(12)17-9-18-15/h6-10,13H,2-5,16H2,1H3,(H,17,18,19). The van der Waals surface area contributed by atoms with Crippen molar-refractivity contribution in [1.82, 2.24) is 9.97 Å². The molecule has 0 aliphatic heterocycles. The van der Waals surface area contributed by atoms with E-state index < -0.39 is 0 Å². The number of fused-ring (bicyclic) bond motifs is 1. The van der Waals surface area contributed by atoms with Gasteiger partial charge in [-0.15, -0.1) is 0 Å². The molecule has 19 heavy (non-hydrogen) atoms. The lowest BCUT2D eigenvalue weighted by Gasteiger charge is -2.30. The van der Waals surface area contributed by atoms with Gasteiger partial charge in [-0.2, -0.15) is 0 Å². The number of anilines is 2. The Kier molecular flexibility index (Phi) is 3.23. The van der Waals surface area contributed by atoms with Crippen LogP contribution in [0.2, 0.25) is 0 Å². The first kappa shape index (κ1) is 12.2. The van der Waals surface area contributed by atoms with Gasteiger partial charge in [-0.1, -0.05) is 19.8 Å². The maximum absolute atomic E-state index is 5.80. The van der Waals surface area contributed by atoms with E-state index in [9.17, 15) is 0 Å². The molecule has 4 heteroatoms. The predicted molar refractivity (Wildman–Crippen MR) is 79.0 cm³/mol. The molecule has 4 nitrogen and oxygen atoms in total. The fraction of sp³-hybridized carbons (Fsp3) is 0.467. The Hall–Kier alpha value is -1.84. The van der Waals surface area contributed by atoms with E-state index in [1.807, 2.05) is 18.2 Å². The molecule has 0 saturated heterocycles. The number of nitrogens with two attached hydrogens (primary N) is 1. The van der Waals surface area contributed by atoms with Gasteiger partial charge in [-0.25, -0.2) is 9.97 Å². The zero-order chi connectivity index (χ0) is 13.2. The van der Waals surface area contributed by atoms with E-state index in [2.05, 4.69) is 22.2 Å². The first-order valence-corrected chi connectivity index (χ1v) is 7.01. The molecule has 3 rings (SSSR count). The van der Waals surface area contributed by atoms with E-state index >= 15 is 0 Å². The molecular weight excluding hydrogens is 236 g/mol. The van der Waals surface area contributed by atoms with Crippen LogP contribution in [0.4, 0.5) is 11.5 Å². The summed E-state index contributed by atoms with van der Waals surface area (Å²) in [7, 11) is 0. The van der Waals surface area contributed by atoms with Gasteiger partial charge in [0.2, 0.25) is 0 Å². The number of rotatable bonds is 2. The average Bonchev–Trinajstić information content (AvgIpc) is 2.41. The second kappa shape index (κ2) is 5.03. The third-order valence-corrected chi connectivity index (χ3v) is 4.09. The molecule has 1 saturated carbocycles. The van der Waals surface area contributed by atoms with Gasteiger partial charge in [0.05, 0.1) is 5.52 Å². The van der Waals surface area contributed by atoms with Crippen LogP contribution in [0.5, 0.6) is 0 Å². The highest BCUT2D eigenvalue weighted by Crippen LogP contribution is 2.28. The molecular formula is C15H20N4. The summed E-state index contributed by atoms with van der Waals surface area (Å²) < 4.78 is 0. The largest absolute Gasteiger partial charge is 0.399 e. The molecule has 2 atom stereocenters. The molecule has 0 radical (unpaired) electrons. The predicted octanol–water partition coefficient (Wildman–Crippen LogP) is 3.20. The Morgan fingerprint density at radius 2 is 2.05 bits per heavy atom. The quantitative estimate of drug-likeness (QED) is 0.810. The Labute approximate surface area is 113 Å². The van der Waals surface area contributed by atoms with Crippen LogP contribution in [0.1, 0.15) is 32.6 Å². The lowest BCUT2D eigenvalue weighted by atomic mass is 9.86. The average molecular weight is 256 g/mol. The summed E-state index contributed by atoms with van der Waals surface area (Å²) in [6.07, 6.45) is 6.78. The smallest absolute Gasteiger partial charge is 0.137 e. The minimum atomic E-state index is 0.518. The highest BCUT2D eigenvalue weighted by atomic mass is 15.0. The molecule has 3 N–H and O–H groups in total. The minimum Gasteiger partial charge on any atom is -0.399 e. The lowest BCUT2D eigenvalue weighted by Crippen LogP contribution is -2.30. The van der Waals surface area contributed by atoms with Crippen molar-refractivity contribution in [3.05, 3.63) is 24.5 Å². The molecule has 0 spiro atoms. The number of nitrogens with one attached hydrogen (secondary N) is 1. The van der Waals surface area contributed by atoms with Crippen molar-refractivity contribution in [3.63, 3.8) is 0 Å². The highest BCUT2D eigenvalue weighted by molar-refractivity contribution is 5.90. The molecule has 1 aromatic heterocycles. The van der Waals surface area contributed by atoms with E-state index in [0.29, 0.717) is 12.0 Å². The third-order valence-electron chi connectivity index (χ3n) is 4.09. The molecule has 1 aliphatic rings. The van der Waals surface area contributed by atoms with Crippen LogP contribution < -0.4 is 11.1 Å². The van der Waals surface area contributed by atoms with Gasteiger partial charge >= 0.3 is 0 Å². The van der Waals surface area contributed by atoms with Crippen LogP contribution >= 0.6 is 0 Å². The zero-order valence-electron chi connectivity index (χ0n) is 11.3. The van der Waals surface area contributed by atoms with Gasteiger partial charge in [0.1, 0.15) is 12.1 Å².